The van der Waals surface area contributed by atoms with Gasteiger partial charge in [0.05, 0.1) is 6.21 Å². The Bertz CT molecular complexity index is 480. The van der Waals surface area contributed by atoms with Gasteiger partial charge in [0.25, 0.3) is 0 Å². The fourth-order valence-electron chi connectivity index (χ4n) is 1.55. The SMILES string of the molecule is CC.CC.CN1N=Cc2ccc(OCC(=O)O)cc2B1O. The lowest BCUT2D eigenvalue weighted by Crippen LogP contribution is -2.47. The summed E-state index contributed by atoms with van der Waals surface area (Å²) in [7, 11) is 0.804. The quantitative estimate of drug-likeness (QED) is 0.818. The zero-order valence-corrected chi connectivity index (χ0v) is 13.2. The highest BCUT2D eigenvalue weighted by molar-refractivity contribution is 6.65. The van der Waals surface area contributed by atoms with Gasteiger partial charge in [0.15, 0.2) is 6.61 Å². The van der Waals surface area contributed by atoms with Crippen molar-refractivity contribution >= 4 is 24.7 Å². The third-order valence-electron chi connectivity index (χ3n) is 2.43. The molecule has 6 nitrogen and oxygen atoms in total. The smallest absolute Gasteiger partial charge is 0.466 e. The molecular weight excluding hydrogens is 271 g/mol. The minimum absolute atomic E-state index is 0.404. The van der Waals surface area contributed by atoms with Gasteiger partial charge < -0.3 is 19.8 Å². The molecule has 0 saturated carbocycles. The largest absolute Gasteiger partial charge is 0.482 e. The number of hydrazone groups is 1. The van der Waals surface area contributed by atoms with Crippen LogP contribution < -0.4 is 10.2 Å². The first-order valence-corrected chi connectivity index (χ1v) is 7.01. The molecule has 2 N–H and O–H groups in total. The summed E-state index contributed by atoms with van der Waals surface area (Å²) in [4.78, 5) is 11.8. The predicted octanol–water partition coefficient (Wildman–Crippen LogP) is 1.17. The van der Waals surface area contributed by atoms with E-state index in [1.54, 1.807) is 31.5 Å². The lowest BCUT2D eigenvalue weighted by molar-refractivity contribution is -0.139. The monoisotopic (exact) mass is 294 g/mol. The van der Waals surface area contributed by atoms with Crippen molar-refractivity contribution in [3.05, 3.63) is 23.8 Å². The third kappa shape index (κ3) is 5.47. The van der Waals surface area contributed by atoms with Crippen molar-refractivity contribution in [2.75, 3.05) is 13.7 Å². The van der Waals surface area contributed by atoms with Crippen molar-refractivity contribution in [1.29, 1.82) is 0 Å². The summed E-state index contributed by atoms with van der Waals surface area (Å²) in [6.45, 7) is 7.60. The Morgan fingerprint density at radius 3 is 2.52 bits per heavy atom. The maximum Gasteiger partial charge on any atom is 0.466 e. The second kappa shape index (κ2) is 9.82. The van der Waals surface area contributed by atoms with Crippen LogP contribution in [0.4, 0.5) is 0 Å². The fourth-order valence-corrected chi connectivity index (χ4v) is 1.55. The van der Waals surface area contributed by atoms with Crippen molar-refractivity contribution in [1.82, 2.24) is 4.92 Å². The standard InChI is InChI=1S/C10H11BN2O4.2C2H6/c1-13-11(16)9-4-8(17-6-10(14)15)3-2-7(9)5-12-13;2*1-2/h2-5,16H,6H2,1H3,(H,14,15);2*1-2H3. The van der Waals surface area contributed by atoms with E-state index < -0.39 is 19.6 Å². The third-order valence-corrected chi connectivity index (χ3v) is 2.43. The highest BCUT2D eigenvalue weighted by atomic mass is 16.5. The van der Waals surface area contributed by atoms with E-state index in [4.69, 9.17) is 9.84 Å². The molecule has 2 rings (SSSR count). The molecule has 0 amide bonds. The number of hydrogen-bond acceptors (Lipinski definition) is 5. The van der Waals surface area contributed by atoms with E-state index in [1.807, 2.05) is 27.7 Å². The lowest BCUT2D eigenvalue weighted by Gasteiger charge is -2.22. The Morgan fingerprint density at radius 2 is 1.95 bits per heavy atom. The maximum atomic E-state index is 10.4. The summed E-state index contributed by atoms with van der Waals surface area (Å²) >= 11 is 0. The maximum absolute atomic E-state index is 10.4. The summed E-state index contributed by atoms with van der Waals surface area (Å²) in [6, 6.07) is 4.99. The molecule has 0 saturated heterocycles. The molecule has 1 aromatic carbocycles. The molecule has 0 fully saturated rings. The van der Waals surface area contributed by atoms with Crippen LogP contribution in [-0.2, 0) is 4.79 Å². The number of aliphatic carboxylic acids is 1. The van der Waals surface area contributed by atoms with E-state index in [-0.39, 0.29) is 0 Å². The van der Waals surface area contributed by atoms with Gasteiger partial charge in [0.1, 0.15) is 5.75 Å². The van der Waals surface area contributed by atoms with Crippen LogP contribution in [0, 0.1) is 0 Å². The number of carboxylic acids is 1. The Hall–Kier alpha value is -2.02. The molecule has 1 aromatic rings. The molecular formula is C14H23BN2O4. The van der Waals surface area contributed by atoms with Crippen LogP contribution in [0.25, 0.3) is 0 Å². The Balaban J connectivity index is 0.000000921. The minimum atomic E-state index is -1.04. The first kappa shape index (κ1) is 19.0. The van der Waals surface area contributed by atoms with Crippen molar-refractivity contribution in [2.24, 2.45) is 5.10 Å². The second-order valence-electron chi connectivity index (χ2n) is 3.67. The number of benzene rings is 1. The van der Waals surface area contributed by atoms with Crippen LogP contribution in [0.3, 0.4) is 0 Å². The van der Waals surface area contributed by atoms with E-state index in [0.29, 0.717) is 11.2 Å². The van der Waals surface area contributed by atoms with Crippen LogP contribution in [0.1, 0.15) is 33.3 Å². The predicted molar refractivity (Wildman–Crippen MR) is 85.2 cm³/mol. The van der Waals surface area contributed by atoms with E-state index in [2.05, 4.69) is 5.10 Å². The summed E-state index contributed by atoms with van der Waals surface area (Å²) in [5, 5.41) is 22.4. The van der Waals surface area contributed by atoms with Crippen molar-refractivity contribution in [2.45, 2.75) is 27.7 Å². The van der Waals surface area contributed by atoms with Gasteiger partial charge in [-0.25, -0.2) is 4.79 Å². The van der Waals surface area contributed by atoms with Crippen molar-refractivity contribution in [3.8, 4) is 5.75 Å². The molecule has 0 atom stereocenters. The molecule has 0 radical (unpaired) electrons. The Morgan fingerprint density at radius 1 is 1.33 bits per heavy atom. The summed E-state index contributed by atoms with van der Waals surface area (Å²) in [6.07, 6.45) is 1.63. The molecule has 0 spiro atoms. The number of nitrogens with zero attached hydrogens (tertiary/aromatic N) is 2. The molecule has 0 aromatic heterocycles. The molecule has 21 heavy (non-hydrogen) atoms. The average Bonchev–Trinajstić information content (AvgIpc) is 2.53. The van der Waals surface area contributed by atoms with Gasteiger partial charge in [-0.1, -0.05) is 33.8 Å². The van der Waals surface area contributed by atoms with Gasteiger partial charge in [-0.2, -0.15) is 5.10 Å². The van der Waals surface area contributed by atoms with Gasteiger partial charge in [0, 0.05) is 7.05 Å². The summed E-state index contributed by atoms with van der Waals surface area (Å²) < 4.78 is 5.04. The van der Waals surface area contributed by atoms with Crippen LogP contribution in [0.2, 0.25) is 0 Å². The zero-order valence-electron chi connectivity index (χ0n) is 13.2. The van der Waals surface area contributed by atoms with Crippen LogP contribution >= 0.6 is 0 Å². The van der Waals surface area contributed by atoms with Gasteiger partial charge in [-0.15, -0.1) is 0 Å². The zero-order chi connectivity index (χ0) is 16.4. The fraction of sp³-hybridized carbons (Fsp3) is 0.429. The van der Waals surface area contributed by atoms with E-state index in [0.717, 1.165) is 5.56 Å². The Kier molecular flexibility index (Phi) is 8.88. The molecule has 1 aliphatic heterocycles. The molecule has 0 aliphatic carbocycles. The number of fused-ring (bicyclic) bond motifs is 1. The topological polar surface area (TPSA) is 82.4 Å². The highest BCUT2D eigenvalue weighted by Crippen LogP contribution is 2.13. The highest BCUT2D eigenvalue weighted by Gasteiger charge is 2.26. The van der Waals surface area contributed by atoms with Gasteiger partial charge in [0.2, 0.25) is 0 Å². The van der Waals surface area contributed by atoms with Crippen LogP contribution in [-0.4, -0.2) is 47.9 Å². The molecule has 116 valence electrons. The summed E-state index contributed by atoms with van der Waals surface area (Å²) in [5.41, 5.74) is 1.43. The number of rotatable bonds is 3. The Labute approximate surface area is 126 Å². The number of carbonyl (C=O) groups is 1. The first-order chi connectivity index (χ1) is 10.1. The van der Waals surface area contributed by atoms with Crippen molar-refractivity contribution in [3.63, 3.8) is 0 Å². The van der Waals surface area contributed by atoms with Crippen molar-refractivity contribution < 1.29 is 19.7 Å². The molecule has 0 bridgehead atoms. The van der Waals surface area contributed by atoms with E-state index >= 15 is 0 Å². The van der Waals surface area contributed by atoms with Gasteiger partial charge in [-0.05, 0) is 23.2 Å². The second-order valence-corrected chi connectivity index (χ2v) is 3.67. The van der Waals surface area contributed by atoms with E-state index in [1.165, 1.54) is 4.92 Å². The lowest BCUT2D eigenvalue weighted by atomic mass is 9.70. The normalized spacial score (nSPS) is 11.5. The van der Waals surface area contributed by atoms with E-state index in [9.17, 15) is 9.82 Å². The van der Waals surface area contributed by atoms with Gasteiger partial charge in [-0.3, -0.25) is 0 Å². The molecule has 1 heterocycles. The van der Waals surface area contributed by atoms with Crippen LogP contribution in [0.5, 0.6) is 5.75 Å². The molecule has 1 aliphatic rings. The number of hydrogen-bond donors (Lipinski definition) is 2. The number of ether oxygens (including phenoxy) is 1. The molecule has 0 unspecified atom stereocenters. The minimum Gasteiger partial charge on any atom is -0.482 e. The van der Waals surface area contributed by atoms with Gasteiger partial charge >= 0.3 is 13.0 Å². The molecule has 7 heteroatoms. The average molecular weight is 294 g/mol. The first-order valence-electron chi connectivity index (χ1n) is 7.01. The summed E-state index contributed by atoms with van der Waals surface area (Å²) in [5.74, 6) is -0.629. The number of carboxylic acid groups (broad SMARTS) is 1. The van der Waals surface area contributed by atoms with Crippen LogP contribution in [0.15, 0.2) is 23.3 Å².